The molecule has 0 aliphatic heterocycles. The summed E-state index contributed by atoms with van der Waals surface area (Å²) >= 11 is 3.41. The number of benzene rings is 1. The van der Waals surface area contributed by atoms with E-state index in [0.29, 0.717) is 0 Å². The minimum absolute atomic E-state index is 0.860. The van der Waals surface area contributed by atoms with E-state index in [4.69, 9.17) is 11.6 Å². The van der Waals surface area contributed by atoms with Gasteiger partial charge >= 0.3 is 0 Å². The lowest BCUT2D eigenvalue weighted by molar-refractivity contribution is 1.08. The zero-order valence-electron chi connectivity index (χ0n) is 8.47. The number of anilines is 1. The van der Waals surface area contributed by atoms with Crippen molar-refractivity contribution in [2.75, 3.05) is 5.01 Å². The van der Waals surface area contributed by atoms with E-state index in [2.05, 4.69) is 20.9 Å². The quantitative estimate of drug-likeness (QED) is 0.652. The summed E-state index contributed by atoms with van der Waals surface area (Å²) in [6, 6.07) is 7.70. The maximum Gasteiger partial charge on any atom is 0.0734 e. The molecule has 2 rings (SSSR count). The average molecular weight is 279 g/mol. The predicted molar refractivity (Wildman–Crippen MR) is 69.4 cm³/mol. The van der Waals surface area contributed by atoms with Gasteiger partial charge in [0.2, 0.25) is 0 Å². The van der Waals surface area contributed by atoms with Crippen LogP contribution < -0.4 is 16.6 Å². The molecular formula is C11H11BrN4. The number of fused-ring (bicyclic) bond motifs is 1. The van der Waals surface area contributed by atoms with Crippen molar-refractivity contribution in [1.82, 2.24) is 4.98 Å². The van der Waals surface area contributed by atoms with Crippen LogP contribution in [0.1, 0.15) is 0 Å². The van der Waals surface area contributed by atoms with Crippen molar-refractivity contribution in [2.24, 2.45) is 11.6 Å². The number of aromatic nitrogens is 1. The molecule has 1 aromatic heterocycles. The summed E-state index contributed by atoms with van der Waals surface area (Å²) in [5.74, 6) is 5.84. The molecule has 0 saturated carbocycles. The molecule has 2 aromatic rings. The Bertz CT molecular complexity index is 538. The second-order valence-electron chi connectivity index (χ2n) is 3.24. The normalized spacial score (nSPS) is 11.1. The number of hydrogen-bond donors (Lipinski definition) is 2. The van der Waals surface area contributed by atoms with Crippen LogP contribution in [0.2, 0.25) is 0 Å². The van der Waals surface area contributed by atoms with Gasteiger partial charge in [0.15, 0.2) is 0 Å². The molecule has 1 aromatic carbocycles. The summed E-state index contributed by atoms with van der Waals surface area (Å²) in [6.07, 6.45) is 4.70. The van der Waals surface area contributed by atoms with Gasteiger partial charge in [0.05, 0.1) is 11.2 Å². The minimum atomic E-state index is 0.860. The third-order valence-corrected chi connectivity index (χ3v) is 2.70. The Labute approximate surface area is 102 Å². The monoisotopic (exact) mass is 278 g/mol. The Hall–Kier alpha value is -1.59. The Kier molecular flexibility index (Phi) is 3.07. The molecule has 1 heterocycles. The predicted octanol–water partition coefficient (Wildman–Crippen LogP) is 2.11. The van der Waals surface area contributed by atoms with E-state index in [0.717, 1.165) is 21.1 Å². The van der Waals surface area contributed by atoms with E-state index in [9.17, 15) is 0 Å². The van der Waals surface area contributed by atoms with E-state index < -0.39 is 0 Å². The van der Waals surface area contributed by atoms with E-state index in [1.54, 1.807) is 12.4 Å². The van der Waals surface area contributed by atoms with Crippen molar-refractivity contribution in [3.8, 4) is 0 Å². The number of pyridine rings is 1. The summed E-state index contributed by atoms with van der Waals surface area (Å²) < 4.78 is 0.989. The van der Waals surface area contributed by atoms with Crippen molar-refractivity contribution >= 4 is 32.5 Å². The third-order valence-electron chi connectivity index (χ3n) is 2.21. The number of hydrazine groups is 1. The van der Waals surface area contributed by atoms with Crippen molar-refractivity contribution in [3.63, 3.8) is 0 Å². The highest BCUT2D eigenvalue weighted by atomic mass is 79.9. The van der Waals surface area contributed by atoms with Crippen LogP contribution in [0.4, 0.5) is 5.69 Å². The number of rotatable bonds is 2. The van der Waals surface area contributed by atoms with Gasteiger partial charge in [-0.1, -0.05) is 15.9 Å². The van der Waals surface area contributed by atoms with Crippen molar-refractivity contribution in [1.29, 1.82) is 0 Å². The zero-order valence-corrected chi connectivity index (χ0v) is 10.1. The first-order valence-electron chi connectivity index (χ1n) is 4.69. The highest BCUT2D eigenvalue weighted by Crippen LogP contribution is 2.26. The van der Waals surface area contributed by atoms with Crippen LogP contribution in [0, 0.1) is 0 Å². The molecule has 0 bridgehead atoms. The number of hydrogen-bond acceptors (Lipinski definition) is 4. The second-order valence-corrected chi connectivity index (χ2v) is 4.16. The molecule has 0 unspecified atom stereocenters. The van der Waals surface area contributed by atoms with Gasteiger partial charge in [-0.2, -0.15) is 0 Å². The molecule has 5 heteroatoms. The van der Waals surface area contributed by atoms with Crippen LogP contribution in [0.25, 0.3) is 10.9 Å². The molecule has 82 valence electrons. The lowest BCUT2D eigenvalue weighted by Gasteiger charge is -2.15. The van der Waals surface area contributed by atoms with Gasteiger partial charge in [-0.15, -0.1) is 0 Å². The molecule has 4 nitrogen and oxygen atoms in total. The fraction of sp³-hybridized carbons (Fsp3) is 0. The number of nitrogens with two attached hydrogens (primary N) is 2. The lowest BCUT2D eigenvalue weighted by atomic mass is 10.2. The van der Waals surface area contributed by atoms with E-state index in [1.807, 2.05) is 24.3 Å². The molecule has 0 radical (unpaired) electrons. The van der Waals surface area contributed by atoms with Crippen molar-refractivity contribution in [2.45, 2.75) is 0 Å². The van der Waals surface area contributed by atoms with Crippen molar-refractivity contribution < 1.29 is 0 Å². The summed E-state index contributed by atoms with van der Waals surface area (Å²) in [4.78, 5) is 4.28. The molecular weight excluding hydrogens is 268 g/mol. The van der Waals surface area contributed by atoms with Gasteiger partial charge in [0.25, 0.3) is 0 Å². The molecule has 0 aliphatic rings. The lowest BCUT2D eigenvalue weighted by Crippen LogP contribution is -2.24. The molecule has 0 spiro atoms. The Morgan fingerprint density at radius 1 is 1.31 bits per heavy atom. The first-order chi connectivity index (χ1) is 7.72. The molecule has 0 atom stereocenters. The highest BCUT2D eigenvalue weighted by molar-refractivity contribution is 9.10. The van der Waals surface area contributed by atoms with Crippen LogP contribution in [-0.2, 0) is 0 Å². The van der Waals surface area contributed by atoms with Crippen molar-refractivity contribution in [3.05, 3.63) is 47.3 Å². The molecule has 0 fully saturated rings. The summed E-state index contributed by atoms with van der Waals surface area (Å²) in [5.41, 5.74) is 7.05. The smallest absolute Gasteiger partial charge is 0.0734 e. The van der Waals surface area contributed by atoms with Gasteiger partial charge in [-0.3, -0.25) is 9.99 Å². The number of halogens is 1. The fourth-order valence-corrected chi connectivity index (χ4v) is 1.85. The molecule has 0 aliphatic carbocycles. The van der Waals surface area contributed by atoms with Gasteiger partial charge < -0.3 is 5.73 Å². The second kappa shape index (κ2) is 4.51. The Morgan fingerprint density at radius 3 is 2.88 bits per heavy atom. The molecule has 0 saturated heterocycles. The SMILES string of the molecule is N/C=C\N(N)c1ccnc2cc(Br)ccc12. The van der Waals surface area contributed by atoms with Crippen LogP contribution in [-0.4, -0.2) is 4.98 Å². The van der Waals surface area contributed by atoms with Crippen LogP contribution in [0.5, 0.6) is 0 Å². The highest BCUT2D eigenvalue weighted by Gasteiger charge is 2.05. The Balaban J connectivity index is 2.62. The third kappa shape index (κ3) is 2.00. The molecule has 0 amide bonds. The van der Waals surface area contributed by atoms with Crippen LogP contribution in [0.15, 0.2) is 47.3 Å². The first-order valence-corrected chi connectivity index (χ1v) is 5.48. The molecule has 16 heavy (non-hydrogen) atoms. The average Bonchev–Trinajstić information content (AvgIpc) is 2.28. The van der Waals surface area contributed by atoms with Gasteiger partial charge in [0.1, 0.15) is 0 Å². The van der Waals surface area contributed by atoms with E-state index in [1.165, 1.54) is 11.2 Å². The number of nitrogens with zero attached hydrogens (tertiary/aromatic N) is 2. The minimum Gasteiger partial charge on any atom is -0.403 e. The van der Waals surface area contributed by atoms with Crippen LogP contribution in [0.3, 0.4) is 0 Å². The van der Waals surface area contributed by atoms with E-state index >= 15 is 0 Å². The van der Waals surface area contributed by atoms with Gasteiger partial charge in [-0.05, 0) is 24.3 Å². The standard InChI is InChI=1S/C11H11BrN4/c12-8-1-2-9-10(7-8)15-5-3-11(9)16(14)6-4-13/h1-7H,13-14H2/b6-4-. The Morgan fingerprint density at radius 2 is 2.12 bits per heavy atom. The first kappa shape index (κ1) is 10.9. The maximum atomic E-state index is 5.84. The summed E-state index contributed by atoms with van der Waals surface area (Å²) in [7, 11) is 0. The largest absolute Gasteiger partial charge is 0.403 e. The van der Waals surface area contributed by atoms with Gasteiger partial charge in [-0.25, -0.2) is 5.84 Å². The molecule has 4 N–H and O–H groups in total. The van der Waals surface area contributed by atoms with Gasteiger partial charge in [0, 0.05) is 28.5 Å². The maximum absolute atomic E-state index is 5.84. The summed E-state index contributed by atoms with van der Waals surface area (Å²) in [5, 5.41) is 2.45. The van der Waals surface area contributed by atoms with E-state index in [-0.39, 0.29) is 0 Å². The van der Waals surface area contributed by atoms with Crippen LogP contribution >= 0.6 is 15.9 Å². The zero-order chi connectivity index (χ0) is 11.5. The fourth-order valence-electron chi connectivity index (χ4n) is 1.50. The summed E-state index contributed by atoms with van der Waals surface area (Å²) in [6.45, 7) is 0. The topological polar surface area (TPSA) is 68.2 Å².